The van der Waals surface area contributed by atoms with Crippen LogP contribution >= 0.6 is 0 Å². The molecule has 4 nitrogen and oxygen atoms in total. The average Bonchev–Trinajstić information content (AvgIpc) is 2.78. The van der Waals surface area contributed by atoms with Crippen LogP contribution in [-0.4, -0.2) is 37.4 Å². The Morgan fingerprint density at radius 1 is 0.677 bits per heavy atom. The normalized spacial score (nSPS) is 12.2. The minimum Gasteiger partial charge on any atom is -0.465 e. The van der Waals surface area contributed by atoms with Gasteiger partial charge in [-0.1, -0.05) is 104 Å². The van der Waals surface area contributed by atoms with Crippen LogP contribution in [0, 0.1) is 5.92 Å². The Hall–Kier alpha value is -0.610. The van der Waals surface area contributed by atoms with E-state index in [2.05, 4.69) is 19.2 Å². The molecule has 0 aromatic heterocycles. The summed E-state index contributed by atoms with van der Waals surface area (Å²) in [5, 5.41) is 11.9. The lowest BCUT2D eigenvalue weighted by molar-refractivity contribution is -0.149. The van der Waals surface area contributed by atoms with Crippen LogP contribution in [0.25, 0.3) is 0 Å². The largest absolute Gasteiger partial charge is 0.465 e. The predicted molar refractivity (Wildman–Crippen MR) is 133 cm³/mol. The maximum Gasteiger partial charge on any atom is 0.308 e. The summed E-state index contributed by atoms with van der Waals surface area (Å²) in [6, 6.07) is 0. The van der Waals surface area contributed by atoms with E-state index >= 15 is 0 Å². The summed E-state index contributed by atoms with van der Waals surface area (Å²) >= 11 is 0. The molecule has 0 aliphatic rings. The van der Waals surface area contributed by atoms with Gasteiger partial charge in [0.2, 0.25) is 0 Å². The summed E-state index contributed by atoms with van der Waals surface area (Å²) < 4.78 is 5.65. The van der Waals surface area contributed by atoms with Crippen LogP contribution in [0.5, 0.6) is 0 Å². The lowest BCUT2D eigenvalue weighted by Crippen LogP contribution is -2.20. The molecule has 0 spiro atoms. The Bertz CT molecular complexity index is 362. The van der Waals surface area contributed by atoms with Crippen molar-refractivity contribution in [2.45, 2.75) is 136 Å². The molecule has 0 radical (unpaired) electrons. The summed E-state index contributed by atoms with van der Waals surface area (Å²) in [6.07, 6.45) is 23.2. The van der Waals surface area contributed by atoms with Gasteiger partial charge < -0.3 is 15.2 Å². The molecule has 0 heterocycles. The Labute approximate surface area is 194 Å². The fraction of sp³-hybridized carbons (Fsp3) is 0.963. The lowest BCUT2D eigenvalue weighted by Gasteiger charge is -2.16. The van der Waals surface area contributed by atoms with Crippen LogP contribution in [0.2, 0.25) is 0 Å². The number of aliphatic hydroxyl groups excluding tert-OH is 1. The molecule has 31 heavy (non-hydrogen) atoms. The van der Waals surface area contributed by atoms with Gasteiger partial charge >= 0.3 is 5.97 Å². The first-order valence-corrected chi connectivity index (χ1v) is 13.7. The monoisotopic (exact) mass is 441 g/mol. The van der Waals surface area contributed by atoms with Crippen LogP contribution in [0.3, 0.4) is 0 Å². The fourth-order valence-corrected chi connectivity index (χ4v) is 4.10. The van der Waals surface area contributed by atoms with Crippen molar-refractivity contribution in [1.82, 2.24) is 5.32 Å². The van der Waals surface area contributed by atoms with E-state index in [0.29, 0.717) is 13.2 Å². The molecule has 0 rings (SSSR count). The van der Waals surface area contributed by atoms with Gasteiger partial charge in [0, 0.05) is 6.54 Å². The van der Waals surface area contributed by atoms with Crippen LogP contribution < -0.4 is 5.32 Å². The smallest absolute Gasteiger partial charge is 0.308 e. The van der Waals surface area contributed by atoms with E-state index in [1.165, 1.54) is 83.5 Å². The molecule has 0 aromatic rings. The number of nitrogens with one attached hydrogen (secondary N) is 1. The summed E-state index contributed by atoms with van der Waals surface area (Å²) in [5.74, 6) is 0.160. The molecule has 0 aliphatic heterocycles. The van der Waals surface area contributed by atoms with E-state index in [0.717, 1.165) is 45.1 Å². The van der Waals surface area contributed by atoms with E-state index in [9.17, 15) is 4.79 Å². The van der Waals surface area contributed by atoms with Crippen molar-refractivity contribution in [3.63, 3.8) is 0 Å². The molecule has 2 N–H and O–H groups in total. The third-order valence-corrected chi connectivity index (χ3v) is 6.18. The molecule has 1 atom stereocenters. The minimum absolute atomic E-state index is 0.0508. The minimum atomic E-state index is 0.0508. The van der Waals surface area contributed by atoms with Crippen molar-refractivity contribution < 1.29 is 14.6 Å². The van der Waals surface area contributed by atoms with Crippen LogP contribution in [0.4, 0.5) is 0 Å². The molecule has 186 valence electrons. The number of rotatable bonds is 25. The van der Waals surface area contributed by atoms with Gasteiger partial charge in [-0.05, 0) is 38.6 Å². The van der Waals surface area contributed by atoms with Gasteiger partial charge in [0.05, 0.1) is 19.1 Å². The summed E-state index contributed by atoms with van der Waals surface area (Å²) in [4.78, 5) is 12.7. The van der Waals surface area contributed by atoms with E-state index < -0.39 is 0 Å². The third kappa shape index (κ3) is 22.4. The third-order valence-electron chi connectivity index (χ3n) is 6.18. The van der Waals surface area contributed by atoms with Gasteiger partial charge in [-0.15, -0.1) is 0 Å². The quantitative estimate of drug-likeness (QED) is 0.116. The summed E-state index contributed by atoms with van der Waals surface area (Å²) in [5.41, 5.74) is 0. The Morgan fingerprint density at radius 2 is 1.16 bits per heavy atom. The van der Waals surface area contributed by atoms with Crippen LogP contribution in [0.15, 0.2) is 0 Å². The molecule has 0 amide bonds. The highest BCUT2D eigenvalue weighted by atomic mass is 16.5. The summed E-state index contributed by atoms with van der Waals surface area (Å²) in [7, 11) is 0. The van der Waals surface area contributed by atoms with Gasteiger partial charge in [-0.2, -0.15) is 0 Å². The zero-order valence-electron chi connectivity index (χ0n) is 21.1. The highest BCUT2D eigenvalue weighted by Crippen LogP contribution is 2.21. The highest BCUT2D eigenvalue weighted by Gasteiger charge is 2.19. The molecule has 0 bridgehead atoms. The predicted octanol–water partition coefficient (Wildman–Crippen LogP) is 7.18. The molecule has 1 unspecified atom stereocenters. The molecule has 0 aromatic carbocycles. The Kier molecular flexibility index (Phi) is 25.1. The number of hydrogen-bond donors (Lipinski definition) is 2. The molecule has 0 saturated heterocycles. The molecular formula is C27H55NO3. The SMILES string of the molecule is CCCCCCCCCCC(CCCCCCCC)C(=O)OCCCCCNCCO. The Morgan fingerprint density at radius 3 is 1.68 bits per heavy atom. The van der Waals surface area contributed by atoms with Gasteiger partial charge in [0.25, 0.3) is 0 Å². The number of carbonyl (C=O) groups is 1. The van der Waals surface area contributed by atoms with Crippen molar-refractivity contribution in [3.05, 3.63) is 0 Å². The second-order valence-corrected chi connectivity index (χ2v) is 9.22. The summed E-state index contributed by atoms with van der Waals surface area (Å²) in [6.45, 7) is 6.85. The van der Waals surface area contributed by atoms with E-state index in [1.54, 1.807) is 0 Å². The number of esters is 1. The molecular weight excluding hydrogens is 386 g/mol. The second-order valence-electron chi connectivity index (χ2n) is 9.22. The maximum atomic E-state index is 12.7. The second kappa shape index (κ2) is 25.6. The first-order valence-electron chi connectivity index (χ1n) is 13.7. The van der Waals surface area contributed by atoms with Crippen molar-refractivity contribution in [1.29, 1.82) is 0 Å². The van der Waals surface area contributed by atoms with Crippen molar-refractivity contribution in [2.24, 2.45) is 5.92 Å². The van der Waals surface area contributed by atoms with Crippen LogP contribution in [-0.2, 0) is 9.53 Å². The molecule has 4 heteroatoms. The van der Waals surface area contributed by atoms with Crippen molar-refractivity contribution in [2.75, 3.05) is 26.3 Å². The van der Waals surface area contributed by atoms with Crippen molar-refractivity contribution in [3.8, 4) is 0 Å². The topological polar surface area (TPSA) is 58.6 Å². The number of unbranched alkanes of at least 4 members (excludes halogenated alkanes) is 14. The zero-order chi connectivity index (χ0) is 22.8. The lowest BCUT2D eigenvalue weighted by atomic mass is 9.94. The Balaban J connectivity index is 4.01. The first kappa shape index (κ1) is 30.4. The van der Waals surface area contributed by atoms with Gasteiger partial charge in [-0.25, -0.2) is 0 Å². The van der Waals surface area contributed by atoms with E-state index in [-0.39, 0.29) is 18.5 Å². The molecule has 0 aliphatic carbocycles. The van der Waals surface area contributed by atoms with Gasteiger partial charge in [0.1, 0.15) is 0 Å². The fourth-order valence-electron chi connectivity index (χ4n) is 4.10. The first-order chi connectivity index (χ1) is 15.3. The maximum absolute atomic E-state index is 12.7. The molecule has 0 saturated carbocycles. The van der Waals surface area contributed by atoms with Gasteiger partial charge in [0.15, 0.2) is 0 Å². The van der Waals surface area contributed by atoms with E-state index in [1.807, 2.05) is 0 Å². The number of ether oxygens (including phenoxy) is 1. The van der Waals surface area contributed by atoms with E-state index in [4.69, 9.17) is 9.84 Å². The van der Waals surface area contributed by atoms with Crippen LogP contribution in [0.1, 0.15) is 136 Å². The zero-order valence-corrected chi connectivity index (χ0v) is 21.1. The molecule has 0 fully saturated rings. The average molecular weight is 442 g/mol. The van der Waals surface area contributed by atoms with Crippen molar-refractivity contribution >= 4 is 5.97 Å². The number of carbonyl (C=O) groups excluding carboxylic acids is 1. The highest BCUT2D eigenvalue weighted by molar-refractivity contribution is 5.72. The number of aliphatic hydroxyl groups is 1. The standard InChI is InChI=1S/C27H55NO3/c1-3-5-7-9-11-12-14-17-21-26(20-16-13-10-8-6-4-2)27(30)31-25-19-15-18-22-28-23-24-29/h26,28-29H,3-25H2,1-2H3. The number of hydrogen-bond acceptors (Lipinski definition) is 4. The van der Waals surface area contributed by atoms with Gasteiger partial charge in [-0.3, -0.25) is 4.79 Å².